The lowest BCUT2D eigenvalue weighted by Crippen LogP contribution is -2.53. The first-order valence-electron chi connectivity index (χ1n) is 6.40. The highest BCUT2D eigenvalue weighted by molar-refractivity contribution is 5.88. The fourth-order valence-electron chi connectivity index (χ4n) is 2.44. The number of piperazine rings is 1. The SMILES string of the molecule is CC(C)C1CNCCN1c1ccc(C(=O)O)cc1. The van der Waals surface area contributed by atoms with E-state index in [1.807, 2.05) is 12.1 Å². The van der Waals surface area contributed by atoms with Crippen LogP contribution in [0, 0.1) is 5.92 Å². The number of carbonyl (C=O) groups is 1. The van der Waals surface area contributed by atoms with E-state index in [0.717, 1.165) is 25.3 Å². The van der Waals surface area contributed by atoms with E-state index < -0.39 is 5.97 Å². The van der Waals surface area contributed by atoms with Crippen molar-refractivity contribution in [2.24, 2.45) is 5.92 Å². The molecule has 1 aromatic rings. The smallest absolute Gasteiger partial charge is 0.335 e. The molecule has 2 rings (SSSR count). The van der Waals surface area contributed by atoms with Gasteiger partial charge in [-0.3, -0.25) is 0 Å². The maximum absolute atomic E-state index is 10.8. The summed E-state index contributed by atoms with van der Waals surface area (Å²) in [5.41, 5.74) is 1.45. The quantitative estimate of drug-likeness (QED) is 0.856. The highest BCUT2D eigenvalue weighted by Crippen LogP contribution is 2.22. The first-order valence-corrected chi connectivity index (χ1v) is 6.40. The molecular formula is C14H20N2O2. The number of hydrogen-bond acceptors (Lipinski definition) is 3. The second-order valence-corrected chi connectivity index (χ2v) is 5.06. The van der Waals surface area contributed by atoms with Gasteiger partial charge in [0.15, 0.2) is 0 Å². The third-order valence-electron chi connectivity index (χ3n) is 3.50. The largest absolute Gasteiger partial charge is 0.478 e. The molecule has 1 unspecified atom stereocenters. The van der Waals surface area contributed by atoms with Crippen LogP contribution < -0.4 is 10.2 Å². The third kappa shape index (κ3) is 2.64. The van der Waals surface area contributed by atoms with Gasteiger partial charge in [0.05, 0.1) is 5.56 Å². The minimum Gasteiger partial charge on any atom is -0.478 e. The molecule has 1 saturated heterocycles. The van der Waals surface area contributed by atoms with E-state index in [9.17, 15) is 4.79 Å². The van der Waals surface area contributed by atoms with E-state index in [1.54, 1.807) is 12.1 Å². The van der Waals surface area contributed by atoms with Gasteiger partial charge in [0, 0.05) is 31.4 Å². The lowest BCUT2D eigenvalue weighted by atomic mass is 9.99. The van der Waals surface area contributed by atoms with Crippen molar-refractivity contribution < 1.29 is 9.90 Å². The molecule has 1 fully saturated rings. The van der Waals surface area contributed by atoms with E-state index >= 15 is 0 Å². The van der Waals surface area contributed by atoms with Crippen molar-refractivity contribution in [1.29, 1.82) is 0 Å². The maximum atomic E-state index is 10.8. The number of carboxylic acids is 1. The second kappa shape index (κ2) is 5.40. The molecule has 1 aliphatic rings. The predicted molar refractivity (Wildman–Crippen MR) is 72.2 cm³/mol. The third-order valence-corrected chi connectivity index (χ3v) is 3.50. The van der Waals surface area contributed by atoms with Gasteiger partial charge in [0.1, 0.15) is 0 Å². The number of anilines is 1. The molecule has 18 heavy (non-hydrogen) atoms. The Morgan fingerprint density at radius 2 is 2.06 bits per heavy atom. The number of nitrogens with zero attached hydrogens (tertiary/aromatic N) is 1. The van der Waals surface area contributed by atoms with E-state index in [1.165, 1.54) is 0 Å². The summed E-state index contributed by atoms with van der Waals surface area (Å²) in [5.74, 6) is -0.306. The summed E-state index contributed by atoms with van der Waals surface area (Å²) in [5, 5.41) is 12.3. The number of hydrogen-bond donors (Lipinski definition) is 2. The Hall–Kier alpha value is -1.55. The maximum Gasteiger partial charge on any atom is 0.335 e. The van der Waals surface area contributed by atoms with Gasteiger partial charge in [-0.1, -0.05) is 13.8 Å². The van der Waals surface area contributed by atoms with Crippen molar-refractivity contribution in [3.63, 3.8) is 0 Å². The number of aromatic carboxylic acids is 1. The van der Waals surface area contributed by atoms with Crippen LogP contribution in [0.4, 0.5) is 5.69 Å². The first kappa shape index (κ1) is 12.9. The molecule has 4 nitrogen and oxygen atoms in total. The van der Waals surface area contributed by atoms with Gasteiger partial charge in [-0.15, -0.1) is 0 Å². The monoisotopic (exact) mass is 248 g/mol. The number of rotatable bonds is 3. The minimum absolute atomic E-state index is 0.343. The molecule has 2 N–H and O–H groups in total. The fourth-order valence-corrected chi connectivity index (χ4v) is 2.44. The molecule has 1 aromatic carbocycles. The van der Waals surface area contributed by atoms with Gasteiger partial charge in [0.25, 0.3) is 0 Å². The van der Waals surface area contributed by atoms with Crippen LogP contribution in [0.25, 0.3) is 0 Å². The standard InChI is InChI=1S/C14H20N2O2/c1-10(2)13-9-15-7-8-16(13)12-5-3-11(4-6-12)14(17)18/h3-6,10,13,15H,7-9H2,1-2H3,(H,17,18). The second-order valence-electron chi connectivity index (χ2n) is 5.06. The van der Waals surface area contributed by atoms with Crippen molar-refractivity contribution in [3.05, 3.63) is 29.8 Å². The van der Waals surface area contributed by atoms with Crippen LogP contribution in [0.2, 0.25) is 0 Å². The zero-order valence-corrected chi connectivity index (χ0v) is 10.9. The molecule has 0 aromatic heterocycles. The van der Waals surface area contributed by atoms with Crippen molar-refractivity contribution in [2.45, 2.75) is 19.9 Å². The summed E-state index contributed by atoms with van der Waals surface area (Å²) >= 11 is 0. The number of nitrogens with one attached hydrogen (secondary N) is 1. The zero-order chi connectivity index (χ0) is 13.1. The van der Waals surface area contributed by atoms with Crippen molar-refractivity contribution in [3.8, 4) is 0 Å². The average molecular weight is 248 g/mol. The van der Waals surface area contributed by atoms with Gasteiger partial charge < -0.3 is 15.3 Å². The van der Waals surface area contributed by atoms with Crippen LogP contribution in [0.15, 0.2) is 24.3 Å². The molecule has 0 bridgehead atoms. The molecule has 98 valence electrons. The molecular weight excluding hydrogens is 228 g/mol. The molecule has 0 amide bonds. The summed E-state index contributed by atoms with van der Waals surface area (Å²) < 4.78 is 0. The molecule has 1 aliphatic heterocycles. The van der Waals surface area contributed by atoms with Crippen molar-refractivity contribution in [2.75, 3.05) is 24.5 Å². The highest BCUT2D eigenvalue weighted by atomic mass is 16.4. The van der Waals surface area contributed by atoms with Gasteiger partial charge in [-0.25, -0.2) is 4.79 Å². The zero-order valence-electron chi connectivity index (χ0n) is 10.9. The molecule has 0 radical (unpaired) electrons. The minimum atomic E-state index is -0.873. The van der Waals surface area contributed by atoms with Crippen LogP contribution in [0.5, 0.6) is 0 Å². The van der Waals surface area contributed by atoms with Crippen molar-refractivity contribution >= 4 is 11.7 Å². The molecule has 4 heteroatoms. The molecule has 0 aliphatic carbocycles. The fraction of sp³-hybridized carbons (Fsp3) is 0.500. The van der Waals surface area contributed by atoms with Gasteiger partial charge in [-0.05, 0) is 30.2 Å². The number of benzene rings is 1. The van der Waals surface area contributed by atoms with E-state index in [-0.39, 0.29) is 0 Å². The topological polar surface area (TPSA) is 52.6 Å². The van der Waals surface area contributed by atoms with Gasteiger partial charge in [0.2, 0.25) is 0 Å². The van der Waals surface area contributed by atoms with Gasteiger partial charge in [-0.2, -0.15) is 0 Å². The molecule has 1 atom stereocenters. The normalized spacial score (nSPS) is 20.2. The summed E-state index contributed by atoms with van der Waals surface area (Å²) in [6.07, 6.45) is 0. The Morgan fingerprint density at radius 1 is 1.39 bits per heavy atom. The summed E-state index contributed by atoms with van der Waals surface area (Å²) in [6.45, 7) is 7.37. The Balaban J connectivity index is 2.20. The number of carboxylic acid groups (broad SMARTS) is 1. The average Bonchev–Trinajstić information content (AvgIpc) is 2.39. The van der Waals surface area contributed by atoms with Crippen LogP contribution in [-0.4, -0.2) is 36.8 Å². The Bertz CT molecular complexity index is 414. The Kier molecular flexibility index (Phi) is 3.87. The van der Waals surface area contributed by atoms with Crippen LogP contribution >= 0.6 is 0 Å². The van der Waals surface area contributed by atoms with E-state index in [2.05, 4.69) is 24.1 Å². The molecule has 0 spiro atoms. The summed E-state index contributed by atoms with van der Waals surface area (Å²) in [7, 11) is 0. The summed E-state index contributed by atoms with van der Waals surface area (Å²) in [6, 6.07) is 7.64. The summed E-state index contributed by atoms with van der Waals surface area (Å²) in [4.78, 5) is 13.2. The van der Waals surface area contributed by atoms with Crippen molar-refractivity contribution in [1.82, 2.24) is 5.32 Å². The van der Waals surface area contributed by atoms with Gasteiger partial charge >= 0.3 is 5.97 Å². The lowest BCUT2D eigenvalue weighted by molar-refractivity contribution is 0.0697. The highest BCUT2D eigenvalue weighted by Gasteiger charge is 2.24. The Labute approximate surface area is 108 Å². The first-order chi connectivity index (χ1) is 8.59. The van der Waals surface area contributed by atoms with Crippen LogP contribution in [-0.2, 0) is 0 Å². The van der Waals surface area contributed by atoms with Crippen LogP contribution in [0.1, 0.15) is 24.2 Å². The molecule has 1 heterocycles. The predicted octanol–water partition coefficient (Wildman–Crippen LogP) is 1.82. The van der Waals surface area contributed by atoms with E-state index in [4.69, 9.17) is 5.11 Å². The van der Waals surface area contributed by atoms with E-state index in [0.29, 0.717) is 17.5 Å². The lowest BCUT2D eigenvalue weighted by Gasteiger charge is -2.40. The van der Waals surface area contributed by atoms with Crippen LogP contribution in [0.3, 0.4) is 0 Å². The molecule has 0 saturated carbocycles. The Morgan fingerprint density at radius 3 is 2.61 bits per heavy atom.